The smallest absolute Gasteiger partial charge is 0.234 e. The van der Waals surface area contributed by atoms with Crippen molar-refractivity contribution in [1.29, 1.82) is 0 Å². The van der Waals surface area contributed by atoms with Gasteiger partial charge in [-0.05, 0) is 44.1 Å². The Morgan fingerprint density at radius 2 is 2.05 bits per heavy atom. The molecule has 1 aromatic rings. The van der Waals surface area contributed by atoms with Crippen molar-refractivity contribution in [3.05, 3.63) is 34.3 Å². The first kappa shape index (κ1) is 18.4. The molecule has 118 valence electrons. The summed E-state index contributed by atoms with van der Waals surface area (Å²) in [5.74, 6) is 0.0994. The van der Waals surface area contributed by atoms with Gasteiger partial charge in [0.05, 0.1) is 12.6 Å². The Kier molecular flexibility index (Phi) is 8.26. The quantitative estimate of drug-likeness (QED) is 0.848. The minimum Gasteiger partial charge on any atom is -0.348 e. The van der Waals surface area contributed by atoms with Gasteiger partial charge >= 0.3 is 0 Å². The number of benzene rings is 1. The van der Waals surface area contributed by atoms with Crippen LogP contribution in [0.3, 0.4) is 0 Å². The zero-order valence-corrected chi connectivity index (χ0v) is 14.7. The van der Waals surface area contributed by atoms with E-state index in [1.54, 1.807) is 0 Å². The van der Waals surface area contributed by atoms with Crippen molar-refractivity contribution in [3.63, 3.8) is 0 Å². The van der Waals surface area contributed by atoms with Gasteiger partial charge in [0.1, 0.15) is 0 Å². The van der Waals surface area contributed by atoms with E-state index in [2.05, 4.69) is 31.5 Å². The molecule has 0 spiro atoms. The van der Waals surface area contributed by atoms with Crippen molar-refractivity contribution in [2.24, 2.45) is 0 Å². The lowest BCUT2D eigenvalue weighted by atomic mass is 10.1. The number of nitrogens with zero attached hydrogens (tertiary/aromatic N) is 1. The van der Waals surface area contributed by atoms with E-state index in [0.717, 1.165) is 42.6 Å². The van der Waals surface area contributed by atoms with Crippen molar-refractivity contribution in [1.82, 2.24) is 15.5 Å². The van der Waals surface area contributed by atoms with E-state index >= 15 is 0 Å². The van der Waals surface area contributed by atoms with Crippen molar-refractivity contribution in [2.75, 3.05) is 32.7 Å². The van der Waals surface area contributed by atoms with E-state index < -0.39 is 0 Å². The average Bonchev–Trinajstić information content (AvgIpc) is 2.68. The van der Waals surface area contributed by atoms with Gasteiger partial charge in [0.25, 0.3) is 0 Å². The monoisotopic (exact) mass is 375 g/mol. The molecular formula is C15H23BrClN3O. The maximum Gasteiger partial charge on any atom is 0.234 e. The van der Waals surface area contributed by atoms with Gasteiger partial charge in [-0.2, -0.15) is 0 Å². The number of amides is 1. The molecule has 1 aromatic carbocycles. The van der Waals surface area contributed by atoms with Gasteiger partial charge in [-0.25, -0.2) is 0 Å². The van der Waals surface area contributed by atoms with Crippen LogP contribution in [0.1, 0.15) is 24.9 Å². The highest BCUT2D eigenvalue weighted by atomic mass is 79.9. The van der Waals surface area contributed by atoms with Gasteiger partial charge in [0.2, 0.25) is 5.91 Å². The number of nitrogens with one attached hydrogen (secondary N) is 2. The first-order chi connectivity index (χ1) is 9.65. The normalized spacial score (nSPS) is 17.4. The molecule has 2 rings (SSSR count). The molecule has 0 aliphatic carbocycles. The summed E-state index contributed by atoms with van der Waals surface area (Å²) >= 11 is 3.42. The molecule has 1 unspecified atom stereocenters. The van der Waals surface area contributed by atoms with Crippen molar-refractivity contribution in [2.45, 2.75) is 19.4 Å². The van der Waals surface area contributed by atoms with Crippen LogP contribution in [0, 0.1) is 0 Å². The van der Waals surface area contributed by atoms with E-state index in [-0.39, 0.29) is 24.4 Å². The lowest BCUT2D eigenvalue weighted by molar-refractivity contribution is -0.122. The van der Waals surface area contributed by atoms with E-state index in [4.69, 9.17) is 0 Å². The molecule has 21 heavy (non-hydrogen) atoms. The van der Waals surface area contributed by atoms with E-state index in [1.165, 1.54) is 0 Å². The fourth-order valence-electron chi connectivity index (χ4n) is 2.38. The second kappa shape index (κ2) is 9.41. The predicted molar refractivity (Wildman–Crippen MR) is 91.9 cm³/mol. The SMILES string of the molecule is CC(NC(=O)CN1CCCNCC1)c1ccc(Br)cc1.Cl. The van der Waals surface area contributed by atoms with Gasteiger partial charge in [0.15, 0.2) is 0 Å². The first-order valence-electron chi connectivity index (χ1n) is 7.13. The van der Waals surface area contributed by atoms with E-state index in [0.29, 0.717) is 6.54 Å². The molecule has 1 atom stereocenters. The first-order valence-corrected chi connectivity index (χ1v) is 7.92. The Morgan fingerprint density at radius 1 is 1.33 bits per heavy atom. The summed E-state index contributed by atoms with van der Waals surface area (Å²) in [6.45, 7) is 6.46. The molecule has 1 amide bonds. The second-order valence-electron chi connectivity index (χ2n) is 5.22. The third-order valence-electron chi connectivity index (χ3n) is 3.55. The molecule has 0 aromatic heterocycles. The summed E-state index contributed by atoms with van der Waals surface area (Å²) < 4.78 is 1.05. The van der Waals surface area contributed by atoms with Crippen LogP contribution < -0.4 is 10.6 Å². The maximum atomic E-state index is 12.1. The molecule has 0 radical (unpaired) electrons. The molecular weight excluding hydrogens is 354 g/mol. The Morgan fingerprint density at radius 3 is 2.76 bits per heavy atom. The Bertz CT molecular complexity index is 433. The minimum absolute atomic E-state index is 0. The van der Waals surface area contributed by atoms with Crippen molar-refractivity contribution >= 4 is 34.2 Å². The molecule has 1 heterocycles. The predicted octanol–water partition coefficient (Wildman–Crippen LogP) is 2.34. The highest BCUT2D eigenvalue weighted by molar-refractivity contribution is 9.10. The average molecular weight is 377 g/mol. The van der Waals surface area contributed by atoms with Gasteiger partial charge in [-0.15, -0.1) is 12.4 Å². The summed E-state index contributed by atoms with van der Waals surface area (Å²) in [6, 6.07) is 8.10. The highest BCUT2D eigenvalue weighted by Crippen LogP contribution is 2.16. The van der Waals surface area contributed by atoms with Crippen LogP contribution in [-0.4, -0.2) is 43.5 Å². The third-order valence-corrected chi connectivity index (χ3v) is 4.08. The van der Waals surface area contributed by atoms with Crippen LogP contribution in [0.2, 0.25) is 0 Å². The Balaban J connectivity index is 0.00000220. The van der Waals surface area contributed by atoms with Crippen LogP contribution >= 0.6 is 28.3 Å². The van der Waals surface area contributed by atoms with Crippen LogP contribution in [0.4, 0.5) is 0 Å². The summed E-state index contributed by atoms with van der Waals surface area (Å²) in [4.78, 5) is 14.3. The number of hydrogen-bond acceptors (Lipinski definition) is 3. The molecule has 1 aliphatic rings. The summed E-state index contributed by atoms with van der Waals surface area (Å²) in [6.07, 6.45) is 1.11. The van der Waals surface area contributed by atoms with Crippen LogP contribution in [0.5, 0.6) is 0 Å². The number of halogens is 2. The van der Waals surface area contributed by atoms with Gasteiger partial charge < -0.3 is 10.6 Å². The topological polar surface area (TPSA) is 44.4 Å². The highest BCUT2D eigenvalue weighted by Gasteiger charge is 2.14. The van der Waals surface area contributed by atoms with E-state index in [9.17, 15) is 4.79 Å². The van der Waals surface area contributed by atoms with E-state index in [1.807, 2.05) is 31.2 Å². The van der Waals surface area contributed by atoms with Crippen LogP contribution in [0.15, 0.2) is 28.7 Å². The second-order valence-corrected chi connectivity index (χ2v) is 6.14. The number of hydrogen-bond donors (Lipinski definition) is 2. The van der Waals surface area contributed by atoms with Crippen molar-refractivity contribution in [3.8, 4) is 0 Å². The molecule has 0 bridgehead atoms. The van der Waals surface area contributed by atoms with Gasteiger partial charge in [-0.1, -0.05) is 28.1 Å². The molecule has 6 heteroatoms. The largest absolute Gasteiger partial charge is 0.348 e. The standard InChI is InChI=1S/C15H22BrN3O.ClH/c1-12(13-3-5-14(16)6-4-13)18-15(20)11-19-9-2-7-17-8-10-19;/h3-6,12,17H,2,7-11H2,1H3,(H,18,20);1H. The minimum atomic E-state index is 0. The zero-order chi connectivity index (χ0) is 14.4. The Labute approximate surface area is 141 Å². The fraction of sp³-hybridized carbons (Fsp3) is 0.533. The molecule has 0 saturated carbocycles. The fourth-order valence-corrected chi connectivity index (χ4v) is 2.65. The molecule has 1 saturated heterocycles. The molecule has 1 aliphatic heterocycles. The third kappa shape index (κ3) is 6.34. The Hall–Kier alpha value is -0.620. The molecule has 1 fully saturated rings. The van der Waals surface area contributed by atoms with Gasteiger partial charge in [0, 0.05) is 17.6 Å². The molecule has 4 nitrogen and oxygen atoms in total. The van der Waals surface area contributed by atoms with Gasteiger partial charge in [-0.3, -0.25) is 9.69 Å². The lowest BCUT2D eigenvalue weighted by Crippen LogP contribution is -2.39. The number of rotatable bonds is 4. The lowest BCUT2D eigenvalue weighted by Gasteiger charge is -2.21. The van der Waals surface area contributed by atoms with Crippen LogP contribution in [0.25, 0.3) is 0 Å². The summed E-state index contributed by atoms with van der Waals surface area (Å²) in [5.41, 5.74) is 1.12. The molecule has 2 N–H and O–H groups in total. The summed E-state index contributed by atoms with van der Waals surface area (Å²) in [7, 11) is 0. The number of carbonyl (C=O) groups is 1. The zero-order valence-electron chi connectivity index (χ0n) is 12.3. The van der Waals surface area contributed by atoms with Crippen molar-refractivity contribution < 1.29 is 4.79 Å². The maximum absolute atomic E-state index is 12.1. The van der Waals surface area contributed by atoms with Crippen LogP contribution in [-0.2, 0) is 4.79 Å². The number of carbonyl (C=O) groups excluding carboxylic acids is 1. The summed E-state index contributed by atoms with van der Waals surface area (Å²) in [5, 5.41) is 6.41.